The Kier molecular flexibility index (Phi) is 9.21. The third-order valence-electron chi connectivity index (χ3n) is 12.7. The fourth-order valence-corrected chi connectivity index (χ4v) is 12.6. The quantitative estimate of drug-likeness (QED) is 0.292. The summed E-state index contributed by atoms with van der Waals surface area (Å²) >= 11 is 7.21. The summed E-state index contributed by atoms with van der Waals surface area (Å²) in [6.07, 6.45) is 8.18. The summed E-state index contributed by atoms with van der Waals surface area (Å²) in [4.78, 5) is 30.3. The fourth-order valence-electron chi connectivity index (χ4n) is 10.1. The monoisotopic (exact) mass is 796 g/mol. The Bertz CT molecular complexity index is 2140. The molecule has 54 heavy (non-hydrogen) atoms. The SMILES string of the molecule is COc1nn(C)cc1C(=O)N[S@@]1(=O)=NC(=O)c2ccc3c(c2)N(C[C@@H]2CC[C@H]2[C@H]2OC(SO)C[C@]24CC[C@@H](C1)N4)C[C@@]1(CCCc2cc(Cl)ccc21)CO3. The third-order valence-corrected chi connectivity index (χ3v) is 15.2. The molecule has 2 aromatic carbocycles. The average molecular weight is 797 g/mol. The molecule has 2 spiro atoms. The summed E-state index contributed by atoms with van der Waals surface area (Å²) in [6, 6.07) is 11.1. The van der Waals surface area contributed by atoms with Crippen LogP contribution in [0.4, 0.5) is 5.69 Å². The zero-order chi connectivity index (χ0) is 37.4. The maximum Gasteiger partial charge on any atom is 0.286 e. The van der Waals surface area contributed by atoms with E-state index in [4.69, 9.17) is 25.8 Å². The van der Waals surface area contributed by atoms with Crippen LogP contribution in [-0.4, -0.2) is 86.0 Å². The van der Waals surface area contributed by atoms with Gasteiger partial charge in [-0.15, -0.1) is 9.46 Å². The maximum atomic E-state index is 14.9. The first-order valence-electron chi connectivity index (χ1n) is 18.7. The molecule has 13 nitrogen and oxygen atoms in total. The van der Waals surface area contributed by atoms with Crippen molar-refractivity contribution in [3.05, 3.63) is 69.9 Å². The predicted octanol–water partition coefficient (Wildman–Crippen LogP) is 5.36. The normalized spacial score (nSPS) is 34.2. The minimum atomic E-state index is -3.70. The van der Waals surface area contributed by atoms with Gasteiger partial charge < -0.3 is 29.0 Å². The highest BCUT2D eigenvalue weighted by Gasteiger charge is 2.58. The van der Waals surface area contributed by atoms with E-state index in [0.29, 0.717) is 37.7 Å². The number of hydrogen-bond acceptors (Lipinski definition) is 11. The number of ether oxygens (including phenoxy) is 3. The average Bonchev–Trinajstić information content (AvgIpc) is 3.80. The van der Waals surface area contributed by atoms with Gasteiger partial charge in [0.05, 0.1) is 31.3 Å². The first kappa shape index (κ1) is 36.3. The molecule has 6 aliphatic rings. The lowest BCUT2D eigenvalue weighted by Gasteiger charge is -2.48. The lowest BCUT2D eigenvalue weighted by atomic mass is 9.65. The number of amides is 2. The molecular weight excluding hydrogens is 752 g/mol. The number of aryl methyl sites for hydroxylation is 2. The van der Waals surface area contributed by atoms with Crippen LogP contribution in [0.2, 0.25) is 5.02 Å². The Hall–Kier alpha value is -3.34. The Labute approximate surface area is 324 Å². The van der Waals surface area contributed by atoms with Crippen molar-refractivity contribution in [1.29, 1.82) is 0 Å². The third kappa shape index (κ3) is 6.28. The molecule has 9 rings (SSSR count). The molecule has 1 saturated carbocycles. The van der Waals surface area contributed by atoms with Crippen LogP contribution in [0, 0.1) is 11.8 Å². The fraction of sp³-hybridized carbons (Fsp3) is 0.553. The van der Waals surface area contributed by atoms with E-state index < -0.39 is 32.7 Å². The first-order chi connectivity index (χ1) is 26.0. The number of benzene rings is 2. The van der Waals surface area contributed by atoms with E-state index in [1.54, 1.807) is 19.2 Å². The molecule has 8 atom stereocenters. The van der Waals surface area contributed by atoms with Gasteiger partial charge in [0.15, 0.2) is 0 Å². The van der Waals surface area contributed by atoms with Crippen LogP contribution in [-0.2, 0) is 33.5 Å². The molecule has 0 radical (unpaired) electrons. The molecule has 2 amide bonds. The van der Waals surface area contributed by atoms with E-state index >= 15 is 0 Å². The summed E-state index contributed by atoms with van der Waals surface area (Å²) in [5.74, 6) is -0.244. The molecule has 2 saturated heterocycles. The number of aromatic nitrogens is 2. The second kappa shape index (κ2) is 13.7. The van der Waals surface area contributed by atoms with Gasteiger partial charge in [-0.2, -0.15) is 0 Å². The molecule has 3 aromatic rings. The number of fused-ring (bicyclic) bond motifs is 6. The minimum Gasteiger partial charge on any atom is -0.490 e. The lowest BCUT2D eigenvalue weighted by molar-refractivity contribution is -0.0432. The van der Waals surface area contributed by atoms with Crippen molar-refractivity contribution in [2.45, 2.75) is 79.9 Å². The van der Waals surface area contributed by atoms with Crippen molar-refractivity contribution >= 4 is 51.1 Å². The van der Waals surface area contributed by atoms with Crippen LogP contribution in [0.25, 0.3) is 0 Å². The highest BCUT2D eigenvalue weighted by atomic mass is 35.5. The second-order valence-electron chi connectivity index (χ2n) is 16.0. The molecule has 16 heteroatoms. The Morgan fingerprint density at radius 1 is 1.20 bits per heavy atom. The Morgan fingerprint density at radius 3 is 2.87 bits per heavy atom. The van der Waals surface area contributed by atoms with Gasteiger partial charge in [0.2, 0.25) is 5.88 Å². The summed E-state index contributed by atoms with van der Waals surface area (Å²) in [6.45, 7) is 1.89. The maximum absolute atomic E-state index is 14.9. The van der Waals surface area contributed by atoms with E-state index in [9.17, 15) is 18.4 Å². The zero-order valence-corrected chi connectivity index (χ0v) is 32.7. The van der Waals surface area contributed by atoms with Gasteiger partial charge in [-0.3, -0.25) is 19.0 Å². The summed E-state index contributed by atoms with van der Waals surface area (Å²) in [5, 5.41) is 8.68. The summed E-state index contributed by atoms with van der Waals surface area (Å²) < 4.78 is 52.2. The molecule has 5 heterocycles. The first-order valence-corrected chi connectivity index (χ1v) is 21.6. The molecule has 4 bridgehead atoms. The topological polar surface area (TPSA) is 157 Å². The minimum absolute atomic E-state index is 0.0697. The molecule has 3 fully saturated rings. The van der Waals surface area contributed by atoms with Crippen molar-refractivity contribution in [3.63, 3.8) is 0 Å². The number of nitrogens with zero attached hydrogens (tertiary/aromatic N) is 4. The van der Waals surface area contributed by atoms with Crippen molar-refractivity contribution < 1.29 is 32.6 Å². The number of hydrogen-bond donors (Lipinski definition) is 3. The number of nitrogens with one attached hydrogen (secondary N) is 2. The van der Waals surface area contributed by atoms with Crippen molar-refractivity contribution in [1.82, 2.24) is 19.8 Å². The molecule has 1 unspecified atom stereocenters. The van der Waals surface area contributed by atoms with Gasteiger partial charge in [-0.05, 0) is 98.2 Å². The molecule has 288 valence electrons. The number of anilines is 1. The summed E-state index contributed by atoms with van der Waals surface area (Å²) in [5.41, 5.74) is 2.45. The van der Waals surface area contributed by atoms with Gasteiger partial charge >= 0.3 is 0 Å². The second-order valence-corrected chi connectivity index (χ2v) is 19.2. The number of carbonyl (C=O) groups excluding carboxylic acids is 2. The van der Waals surface area contributed by atoms with Crippen molar-refractivity contribution in [3.8, 4) is 11.6 Å². The molecular formula is C38H45ClN6O7S2. The largest absolute Gasteiger partial charge is 0.490 e. The van der Waals surface area contributed by atoms with Crippen LogP contribution in [0.1, 0.15) is 76.8 Å². The highest BCUT2D eigenvalue weighted by molar-refractivity contribution is 7.94. The Morgan fingerprint density at radius 2 is 2.07 bits per heavy atom. The predicted molar refractivity (Wildman–Crippen MR) is 206 cm³/mol. The highest BCUT2D eigenvalue weighted by Crippen LogP contribution is 2.53. The van der Waals surface area contributed by atoms with Crippen LogP contribution >= 0.6 is 23.6 Å². The van der Waals surface area contributed by atoms with Crippen molar-refractivity contribution in [2.24, 2.45) is 23.2 Å². The van der Waals surface area contributed by atoms with E-state index in [0.717, 1.165) is 67.8 Å². The van der Waals surface area contributed by atoms with Gasteiger partial charge in [0.25, 0.3) is 11.8 Å². The van der Waals surface area contributed by atoms with Crippen LogP contribution < -0.4 is 24.4 Å². The van der Waals surface area contributed by atoms with Gasteiger partial charge in [0.1, 0.15) is 26.7 Å². The van der Waals surface area contributed by atoms with Gasteiger partial charge in [0, 0.05) is 72.4 Å². The van der Waals surface area contributed by atoms with E-state index in [-0.39, 0.29) is 46.2 Å². The van der Waals surface area contributed by atoms with Gasteiger partial charge in [-0.25, -0.2) is 4.21 Å². The number of rotatable bonds is 4. The zero-order valence-electron chi connectivity index (χ0n) is 30.3. The molecule has 3 N–H and O–H groups in total. The standard InChI is InChI=1S/C38H45ClN6O7S2/c1-44-18-28(36(41-44)50-2)35(47)43-54(49)19-26-11-13-38(40-26)16-32(53-48)52-33(38)27-8-5-24(27)17-45-20-37(12-3-4-22-14-25(39)7-9-29(22)37)21-51-31-10-6-23(15-30(31)45)34(46)42-54/h6-7,9-10,14-15,18,24,26-27,32-33,40,48H,3-5,8,11-13,16-17,19-21H2,1-2H3,(H,42,43,46,47,49)/t24-,26-,27+,32?,33+,37-,38+,54-/m0/s1. The molecule has 1 aromatic heterocycles. The molecule has 4 aliphatic heterocycles. The van der Waals surface area contributed by atoms with E-state index in [1.165, 1.54) is 29.1 Å². The number of carbonyl (C=O) groups is 2. The van der Waals surface area contributed by atoms with Gasteiger partial charge in [-0.1, -0.05) is 17.7 Å². The van der Waals surface area contributed by atoms with E-state index in [1.807, 2.05) is 12.1 Å². The van der Waals surface area contributed by atoms with Crippen LogP contribution in [0.5, 0.6) is 11.6 Å². The van der Waals surface area contributed by atoms with Crippen LogP contribution in [0.15, 0.2) is 47.0 Å². The van der Waals surface area contributed by atoms with Crippen LogP contribution in [0.3, 0.4) is 0 Å². The molecule has 2 aliphatic carbocycles. The number of methoxy groups -OCH3 is 1. The van der Waals surface area contributed by atoms with Crippen molar-refractivity contribution in [2.75, 3.05) is 37.5 Å². The Balaban J connectivity index is 1.15. The summed E-state index contributed by atoms with van der Waals surface area (Å²) in [7, 11) is -0.644. The van der Waals surface area contributed by atoms with E-state index in [2.05, 4.69) is 36.5 Å². The number of halogens is 1. The lowest BCUT2D eigenvalue weighted by Crippen LogP contribution is -2.58. The smallest absolute Gasteiger partial charge is 0.286 e.